The summed E-state index contributed by atoms with van der Waals surface area (Å²) in [5.74, 6) is -2.68. The normalized spacial score (nSPS) is 10.7. The molecule has 2 nitrogen and oxygen atoms in total. The average molecular weight is 391 g/mol. The van der Waals surface area contributed by atoms with Crippen LogP contribution in [0.15, 0.2) is 29.2 Å². The van der Waals surface area contributed by atoms with Gasteiger partial charge in [-0.25, -0.2) is 17.6 Å². The van der Waals surface area contributed by atoms with Crippen molar-refractivity contribution in [3.8, 4) is 23.0 Å². The van der Waals surface area contributed by atoms with E-state index in [1.807, 2.05) is 0 Å². The van der Waals surface area contributed by atoms with Gasteiger partial charge in [-0.2, -0.15) is 5.26 Å². The SMILES string of the molecule is N#CSc1c(F)cc(C#Cc2cc(F)c(OC(F)(F)F)c(F)c2)cc1F. The number of nitriles is 1. The second kappa shape index (κ2) is 7.58. The molecule has 2 aromatic carbocycles. The molecular weight excluding hydrogens is 387 g/mol. The topological polar surface area (TPSA) is 33.0 Å². The van der Waals surface area contributed by atoms with Crippen molar-refractivity contribution in [1.29, 1.82) is 5.26 Å². The molecule has 0 atom stereocenters. The summed E-state index contributed by atoms with van der Waals surface area (Å²) >= 11 is 0.264. The second-order valence-electron chi connectivity index (χ2n) is 4.53. The largest absolute Gasteiger partial charge is 0.573 e. The fourth-order valence-corrected chi connectivity index (χ4v) is 2.17. The summed E-state index contributed by atoms with van der Waals surface area (Å²) in [6.45, 7) is 0. The minimum atomic E-state index is -5.28. The quantitative estimate of drug-likeness (QED) is 0.309. The molecule has 0 N–H and O–H groups in total. The van der Waals surface area contributed by atoms with Gasteiger partial charge in [0.25, 0.3) is 0 Å². The van der Waals surface area contributed by atoms with Crippen LogP contribution in [-0.4, -0.2) is 6.36 Å². The number of ether oxygens (including phenoxy) is 1. The van der Waals surface area contributed by atoms with Crippen molar-refractivity contribution in [3.05, 3.63) is 58.7 Å². The number of hydrogen-bond donors (Lipinski definition) is 0. The predicted octanol–water partition coefficient (Wildman–Crippen LogP) is 5.11. The summed E-state index contributed by atoms with van der Waals surface area (Å²) in [4.78, 5) is -0.538. The monoisotopic (exact) mass is 391 g/mol. The molecule has 0 saturated heterocycles. The minimum Gasteiger partial charge on any atom is -0.399 e. The molecule has 2 aromatic rings. The van der Waals surface area contributed by atoms with Crippen molar-refractivity contribution in [2.24, 2.45) is 0 Å². The Morgan fingerprint density at radius 1 is 0.808 bits per heavy atom. The molecule has 0 heterocycles. The first-order valence-corrected chi connectivity index (χ1v) is 7.24. The molecule has 0 unspecified atom stereocenters. The molecule has 0 amide bonds. The number of hydrogen-bond acceptors (Lipinski definition) is 3. The molecule has 0 saturated carbocycles. The summed E-state index contributed by atoms with van der Waals surface area (Å²) in [6.07, 6.45) is -5.28. The molecular formula is C16H4F7NOS. The van der Waals surface area contributed by atoms with Gasteiger partial charge in [0.2, 0.25) is 5.75 Å². The number of rotatable bonds is 2. The number of benzene rings is 2. The fraction of sp³-hybridized carbons (Fsp3) is 0.0625. The molecule has 26 heavy (non-hydrogen) atoms. The molecule has 0 radical (unpaired) electrons. The summed E-state index contributed by atoms with van der Waals surface area (Å²) in [7, 11) is 0. The summed E-state index contributed by atoms with van der Waals surface area (Å²) in [5.41, 5.74) is -0.593. The lowest BCUT2D eigenvalue weighted by molar-refractivity contribution is -0.276. The predicted molar refractivity (Wildman–Crippen MR) is 76.8 cm³/mol. The van der Waals surface area contributed by atoms with E-state index in [4.69, 9.17) is 5.26 Å². The first-order chi connectivity index (χ1) is 12.1. The van der Waals surface area contributed by atoms with E-state index < -0.39 is 40.3 Å². The van der Waals surface area contributed by atoms with Crippen molar-refractivity contribution >= 4 is 11.8 Å². The Bertz CT molecular complexity index is 908. The fourth-order valence-electron chi connectivity index (χ4n) is 1.76. The van der Waals surface area contributed by atoms with Gasteiger partial charge in [0, 0.05) is 11.1 Å². The molecule has 2 rings (SSSR count). The van der Waals surface area contributed by atoms with Gasteiger partial charge in [-0.05, 0) is 36.0 Å². The molecule has 0 spiro atoms. The highest BCUT2D eigenvalue weighted by molar-refractivity contribution is 8.03. The van der Waals surface area contributed by atoms with Crippen LogP contribution in [0.25, 0.3) is 0 Å². The van der Waals surface area contributed by atoms with Gasteiger partial charge in [-0.15, -0.1) is 13.2 Å². The second-order valence-corrected chi connectivity index (χ2v) is 5.32. The Labute approximate surface area is 146 Å². The number of nitrogens with zero attached hydrogens (tertiary/aromatic N) is 1. The van der Waals surface area contributed by atoms with Crippen molar-refractivity contribution in [2.45, 2.75) is 11.3 Å². The smallest absolute Gasteiger partial charge is 0.399 e. The zero-order valence-electron chi connectivity index (χ0n) is 12.2. The zero-order chi connectivity index (χ0) is 19.5. The summed E-state index contributed by atoms with van der Waals surface area (Å²) < 4.78 is 93.8. The zero-order valence-corrected chi connectivity index (χ0v) is 13.0. The Kier molecular flexibility index (Phi) is 5.68. The maximum Gasteiger partial charge on any atom is 0.573 e. The van der Waals surface area contributed by atoms with Crippen molar-refractivity contribution < 1.29 is 35.5 Å². The van der Waals surface area contributed by atoms with Crippen molar-refractivity contribution in [2.75, 3.05) is 0 Å². The van der Waals surface area contributed by atoms with Gasteiger partial charge in [0.15, 0.2) is 11.6 Å². The van der Waals surface area contributed by atoms with E-state index in [0.29, 0.717) is 12.1 Å². The molecule has 134 valence electrons. The van der Waals surface area contributed by atoms with Crippen LogP contribution in [0.1, 0.15) is 11.1 Å². The van der Waals surface area contributed by atoms with Gasteiger partial charge in [-0.3, -0.25) is 0 Å². The lowest BCUT2D eigenvalue weighted by Gasteiger charge is -2.10. The Hall–Kier alpha value is -2.85. The van der Waals surface area contributed by atoms with Gasteiger partial charge >= 0.3 is 6.36 Å². The average Bonchev–Trinajstić information content (AvgIpc) is 2.51. The molecule has 0 aliphatic heterocycles. The summed E-state index contributed by atoms with van der Waals surface area (Å²) in [6, 6.07) is 2.54. The first-order valence-electron chi connectivity index (χ1n) is 6.42. The third-order valence-corrected chi connectivity index (χ3v) is 3.40. The van der Waals surface area contributed by atoms with Crippen LogP contribution in [-0.2, 0) is 0 Å². The van der Waals surface area contributed by atoms with Crippen LogP contribution in [0.4, 0.5) is 30.7 Å². The van der Waals surface area contributed by atoms with Crippen LogP contribution < -0.4 is 4.74 Å². The number of thiocyanates is 1. The maximum absolute atomic E-state index is 13.6. The molecule has 10 heteroatoms. The van der Waals surface area contributed by atoms with E-state index in [1.54, 1.807) is 0 Å². The standard InChI is InChI=1S/C16H4F7NOS/c17-10-3-8(4-11(18)14(10)25-16(21,22)23)1-2-9-5-12(19)15(26-7-24)13(20)6-9/h3-6H. The van der Waals surface area contributed by atoms with Crippen LogP contribution >= 0.6 is 11.8 Å². The number of alkyl halides is 3. The molecule has 0 aromatic heterocycles. The van der Waals surface area contributed by atoms with E-state index in [9.17, 15) is 30.7 Å². The third-order valence-electron chi connectivity index (χ3n) is 2.71. The first kappa shape index (κ1) is 19.5. The van der Waals surface area contributed by atoms with Gasteiger partial charge in [0.05, 0.1) is 4.90 Å². The number of thioether (sulfide) groups is 1. The van der Waals surface area contributed by atoms with Crippen LogP contribution in [0.3, 0.4) is 0 Å². The Morgan fingerprint density at radius 2 is 1.23 bits per heavy atom. The molecule has 0 bridgehead atoms. The third kappa shape index (κ3) is 4.83. The van der Waals surface area contributed by atoms with Gasteiger partial charge in [0.1, 0.15) is 17.0 Å². The lowest BCUT2D eigenvalue weighted by Crippen LogP contribution is -2.19. The minimum absolute atomic E-state index is 0.210. The summed E-state index contributed by atoms with van der Waals surface area (Å²) in [5, 5.41) is 9.94. The molecule has 0 fully saturated rings. The number of halogens is 7. The molecule has 0 aliphatic carbocycles. The lowest BCUT2D eigenvalue weighted by atomic mass is 10.1. The highest BCUT2D eigenvalue weighted by atomic mass is 32.2. The highest BCUT2D eigenvalue weighted by Crippen LogP contribution is 2.29. The maximum atomic E-state index is 13.6. The Morgan fingerprint density at radius 3 is 1.62 bits per heavy atom. The van der Waals surface area contributed by atoms with E-state index in [0.717, 1.165) is 12.1 Å². The van der Waals surface area contributed by atoms with E-state index >= 15 is 0 Å². The highest BCUT2D eigenvalue weighted by Gasteiger charge is 2.34. The van der Waals surface area contributed by atoms with E-state index in [2.05, 4.69) is 16.6 Å². The van der Waals surface area contributed by atoms with Crippen LogP contribution in [0.5, 0.6) is 5.75 Å². The van der Waals surface area contributed by atoms with Crippen LogP contribution in [0, 0.1) is 45.8 Å². The van der Waals surface area contributed by atoms with E-state index in [-0.39, 0.29) is 22.9 Å². The van der Waals surface area contributed by atoms with Crippen molar-refractivity contribution in [3.63, 3.8) is 0 Å². The molecule has 0 aliphatic rings. The van der Waals surface area contributed by atoms with Crippen molar-refractivity contribution in [1.82, 2.24) is 0 Å². The Balaban J connectivity index is 2.35. The van der Waals surface area contributed by atoms with Crippen LogP contribution in [0.2, 0.25) is 0 Å². The van der Waals surface area contributed by atoms with E-state index in [1.165, 1.54) is 5.40 Å². The van der Waals surface area contributed by atoms with Gasteiger partial charge in [-0.1, -0.05) is 11.8 Å². The van der Waals surface area contributed by atoms with Gasteiger partial charge < -0.3 is 4.74 Å².